The van der Waals surface area contributed by atoms with Crippen molar-refractivity contribution in [1.29, 1.82) is 0 Å². The first-order chi connectivity index (χ1) is 9.60. The van der Waals surface area contributed by atoms with E-state index in [9.17, 15) is 10.1 Å². The summed E-state index contributed by atoms with van der Waals surface area (Å²) in [4.78, 5) is 14.4. The first-order valence-electron chi connectivity index (χ1n) is 5.94. The van der Waals surface area contributed by atoms with E-state index < -0.39 is 4.92 Å². The number of nitrogens with one attached hydrogen (secondary N) is 2. The number of hydrogen-bond donors (Lipinski definition) is 3. The minimum Gasteiger partial charge on any atom is -0.369 e. The predicted octanol–water partition coefficient (Wildman–Crippen LogP) is 0.663. The Labute approximate surface area is 114 Å². The number of rotatable bonds is 6. The van der Waals surface area contributed by atoms with Crippen LogP contribution in [0.15, 0.2) is 24.4 Å². The fourth-order valence-electron chi connectivity index (χ4n) is 1.75. The monoisotopic (exact) mass is 277 g/mol. The van der Waals surface area contributed by atoms with Gasteiger partial charge in [0.05, 0.1) is 17.1 Å². The molecule has 9 nitrogen and oxygen atoms in total. The van der Waals surface area contributed by atoms with Gasteiger partial charge in [-0.2, -0.15) is 5.10 Å². The lowest BCUT2D eigenvalue weighted by atomic mass is 10.3. The van der Waals surface area contributed by atoms with Gasteiger partial charge < -0.3 is 10.7 Å². The summed E-state index contributed by atoms with van der Waals surface area (Å²) in [6.07, 6.45) is 2.45. The third kappa shape index (κ3) is 3.20. The molecule has 2 aromatic rings. The van der Waals surface area contributed by atoms with Gasteiger partial charge in [-0.25, -0.2) is 10.8 Å². The molecule has 20 heavy (non-hydrogen) atoms. The number of anilines is 2. The molecule has 2 rings (SSSR count). The number of pyridine rings is 1. The van der Waals surface area contributed by atoms with Crippen LogP contribution in [0.5, 0.6) is 0 Å². The standard InChI is InChI=1S/C11H15N7O2/c1-17-8(3-5-14-17)2-4-13-10-6-9(18(19)20)7-11(15-10)16-12/h3,5-7H,2,4,12H2,1H3,(H2,13,15,16). The summed E-state index contributed by atoms with van der Waals surface area (Å²) in [7, 11) is 1.86. The van der Waals surface area contributed by atoms with E-state index in [1.807, 2.05) is 13.1 Å². The molecular weight excluding hydrogens is 262 g/mol. The van der Waals surface area contributed by atoms with Crippen LogP contribution >= 0.6 is 0 Å². The predicted molar refractivity (Wildman–Crippen MR) is 74.1 cm³/mol. The van der Waals surface area contributed by atoms with E-state index in [1.54, 1.807) is 10.9 Å². The minimum absolute atomic E-state index is 0.0732. The molecule has 2 heterocycles. The normalized spacial score (nSPS) is 10.3. The maximum absolute atomic E-state index is 10.8. The Balaban J connectivity index is 2.03. The second kappa shape index (κ2) is 5.97. The van der Waals surface area contributed by atoms with Crippen molar-refractivity contribution in [1.82, 2.24) is 14.8 Å². The fraction of sp³-hybridized carbons (Fsp3) is 0.273. The van der Waals surface area contributed by atoms with Crippen molar-refractivity contribution in [3.63, 3.8) is 0 Å². The van der Waals surface area contributed by atoms with Gasteiger partial charge in [0, 0.05) is 31.9 Å². The molecule has 4 N–H and O–H groups in total. The van der Waals surface area contributed by atoms with Crippen LogP contribution in [-0.2, 0) is 13.5 Å². The number of nitro groups is 1. The maximum Gasteiger partial charge on any atom is 0.276 e. The molecule has 0 aliphatic rings. The van der Waals surface area contributed by atoms with Crippen molar-refractivity contribution >= 4 is 17.3 Å². The number of nitrogen functional groups attached to an aromatic ring is 1. The van der Waals surface area contributed by atoms with E-state index in [0.29, 0.717) is 12.4 Å². The van der Waals surface area contributed by atoms with Gasteiger partial charge in [0.15, 0.2) is 0 Å². The molecule has 0 fully saturated rings. The van der Waals surface area contributed by atoms with Gasteiger partial charge >= 0.3 is 0 Å². The first kappa shape index (κ1) is 13.7. The first-order valence-corrected chi connectivity index (χ1v) is 5.94. The zero-order valence-electron chi connectivity index (χ0n) is 10.9. The van der Waals surface area contributed by atoms with E-state index in [4.69, 9.17) is 5.84 Å². The van der Waals surface area contributed by atoms with Crippen LogP contribution in [-0.4, -0.2) is 26.2 Å². The number of nitrogens with zero attached hydrogens (tertiary/aromatic N) is 4. The summed E-state index contributed by atoms with van der Waals surface area (Å²) in [5.74, 6) is 5.87. The minimum atomic E-state index is -0.491. The maximum atomic E-state index is 10.8. The highest BCUT2D eigenvalue weighted by atomic mass is 16.6. The quantitative estimate of drug-likeness (QED) is 0.402. The number of aromatic nitrogens is 3. The second-order valence-corrected chi connectivity index (χ2v) is 4.12. The Hall–Kier alpha value is -2.68. The van der Waals surface area contributed by atoms with Crippen LogP contribution in [0.3, 0.4) is 0 Å². The molecule has 0 spiro atoms. The summed E-state index contributed by atoms with van der Waals surface area (Å²) in [6, 6.07) is 4.55. The number of hydrazine groups is 1. The average molecular weight is 277 g/mol. The summed E-state index contributed by atoms with van der Waals surface area (Å²) in [5, 5.41) is 17.9. The van der Waals surface area contributed by atoms with Crippen LogP contribution in [0.4, 0.5) is 17.3 Å². The molecule has 2 aromatic heterocycles. The van der Waals surface area contributed by atoms with Crippen LogP contribution in [0, 0.1) is 10.1 Å². The highest BCUT2D eigenvalue weighted by Crippen LogP contribution is 2.19. The van der Waals surface area contributed by atoms with Gasteiger partial charge in [-0.15, -0.1) is 0 Å². The smallest absolute Gasteiger partial charge is 0.276 e. The van der Waals surface area contributed by atoms with Crippen molar-refractivity contribution in [3.05, 3.63) is 40.2 Å². The Morgan fingerprint density at radius 3 is 2.80 bits per heavy atom. The van der Waals surface area contributed by atoms with Crippen LogP contribution in [0.1, 0.15) is 5.69 Å². The van der Waals surface area contributed by atoms with E-state index in [0.717, 1.165) is 12.1 Å². The zero-order chi connectivity index (χ0) is 14.5. The van der Waals surface area contributed by atoms with E-state index in [2.05, 4.69) is 20.8 Å². The lowest BCUT2D eigenvalue weighted by Crippen LogP contribution is -2.12. The Morgan fingerprint density at radius 1 is 1.45 bits per heavy atom. The zero-order valence-corrected chi connectivity index (χ0v) is 10.9. The lowest BCUT2D eigenvalue weighted by Gasteiger charge is -2.07. The topological polar surface area (TPSA) is 124 Å². The molecule has 0 unspecified atom stereocenters. The average Bonchev–Trinajstić information content (AvgIpc) is 2.84. The molecule has 0 bridgehead atoms. The number of aryl methyl sites for hydroxylation is 1. The van der Waals surface area contributed by atoms with Gasteiger partial charge in [-0.1, -0.05) is 0 Å². The van der Waals surface area contributed by atoms with Crippen molar-refractivity contribution in [2.45, 2.75) is 6.42 Å². The molecule has 0 amide bonds. The fourth-order valence-corrected chi connectivity index (χ4v) is 1.75. The molecule has 0 saturated carbocycles. The van der Waals surface area contributed by atoms with Gasteiger partial charge in [0.2, 0.25) is 0 Å². The highest BCUT2D eigenvalue weighted by molar-refractivity contribution is 5.54. The van der Waals surface area contributed by atoms with E-state index in [1.165, 1.54) is 12.1 Å². The summed E-state index contributed by atoms with van der Waals surface area (Å²) in [6.45, 7) is 0.581. The number of nitrogens with two attached hydrogens (primary N) is 1. The molecule has 0 aliphatic heterocycles. The highest BCUT2D eigenvalue weighted by Gasteiger charge is 2.10. The molecule has 0 saturated heterocycles. The largest absolute Gasteiger partial charge is 0.369 e. The third-order valence-electron chi connectivity index (χ3n) is 2.78. The van der Waals surface area contributed by atoms with Crippen LogP contribution in [0.2, 0.25) is 0 Å². The number of hydrogen-bond acceptors (Lipinski definition) is 7. The van der Waals surface area contributed by atoms with Crippen molar-refractivity contribution in [2.75, 3.05) is 17.3 Å². The van der Waals surface area contributed by atoms with Crippen LogP contribution < -0.4 is 16.6 Å². The molecule has 0 radical (unpaired) electrons. The third-order valence-corrected chi connectivity index (χ3v) is 2.78. The molecule has 0 aliphatic carbocycles. The molecule has 9 heteroatoms. The van der Waals surface area contributed by atoms with E-state index in [-0.39, 0.29) is 11.5 Å². The van der Waals surface area contributed by atoms with Gasteiger partial charge in [-0.05, 0) is 6.07 Å². The molecule has 106 valence electrons. The van der Waals surface area contributed by atoms with Crippen LogP contribution in [0.25, 0.3) is 0 Å². The summed E-state index contributed by atoms with van der Waals surface area (Å²) < 4.78 is 1.77. The van der Waals surface area contributed by atoms with Gasteiger partial charge in [-0.3, -0.25) is 14.8 Å². The second-order valence-electron chi connectivity index (χ2n) is 4.12. The Bertz CT molecular complexity index is 611. The van der Waals surface area contributed by atoms with Gasteiger partial charge in [0.25, 0.3) is 5.69 Å². The van der Waals surface area contributed by atoms with E-state index >= 15 is 0 Å². The molecular formula is C11H15N7O2. The Morgan fingerprint density at radius 2 is 2.20 bits per heavy atom. The SMILES string of the molecule is Cn1nccc1CCNc1cc([N+](=O)[O-])cc(NN)n1. The lowest BCUT2D eigenvalue weighted by molar-refractivity contribution is -0.384. The Kier molecular flexibility index (Phi) is 4.11. The molecule has 0 atom stereocenters. The van der Waals surface area contributed by atoms with Gasteiger partial charge in [0.1, 0.15) is 11.6 Å². The molecule has 0 aromatic carbocycles. The summed E-state index contributed by atoms with van der Waals surface area (Å²) >= 11 is 0. The van der Waals surface area contributed by atoms with Crippen molar-refractivity contribution in [2.24, 2.45) is 12.9 Å². The van der Waals surface area contributed by atoms with Crippen molar-refractivity contribution in [3.8, 4) is 0 Å². The van der Waals surface area contributed by atoms with Crippen molar-refractivity contribution < 1.29 is 4.92 Å². The summed E-state index contributed by atoms with van der Waals surface area (Å²) in [5.41, 5.74) is 3.29.